The van der Waals surface area contributed by atoms with Gasteiger partial charge in [-0.3, -0.25) is 9.69 Å². The molecule has 2 aromatic heterocycles. The van der Waals surface area contributed by atoms with Crippen molar-refractivity contribution in [1.82, 2.24) is 19.9 Å². The summed E-state index contributed by atoms with van der Waals surface area (Å²) in [7, 11) is 1.33. The van der Waals surface area contributed by atoms with Crippen LogP contribution in [0.2, 0.25) is 0 Å². The van der Waals surface area contributed by atoms with Crippen molar-refractivity contribution < 1.29 is 13.9 Å². The molecule has 1 aromatic carbocycles. The molecule has 156 valence electrons. The van der Waals surface area contributed by atoms with Crippen molar-refractivity contribution in [3.05, 3.63) is 69.1 Å². The van der Waals surface area contributed by atoms with Crippen LogP contribution < -0.4 is 5.56 Å². The van der Waals surface area contributed by atoms with E-state index < -0.39 is 11.8 Å². The molecule has 7 nitrogen and oxygen atoms in total. The van der Waals surface area contributed by atoms with Crippen LogP contribution in [0.3, 0.4) is 0 Å². The Balaban J connectivity index is 1.42. The quantitative estimate of drug-likeness (QED) is 0.666. The molecule has 30 heavy (non-hydrogen) atoms. The molecule has 0 spiro atoms. The highest BCUT2D eigenvalue weighted by molar-refractivity contribution is 5.87. The molecule has 3 aromatic rings. The average Bonchev–Trinajstić information content (AvgIpc) is 2.77. The molecule has 0 bridgehead atoms. The number of aromatic amines is 1. The topological polar surface area (TPSA) is 88.2 Å². The lowest BCUT2D eigenvalue weighted by Crippen LogP contribution is -2.32. The molecule has 0 atom stereocenters. The normalized spacial score (nSPS) is 15.4. The van der Waals surface area contributed by atoms with Gasteiger partial charge in [-0.25, -0.2) is 19.2 Å². The first-order valence-corrected chi connectivity index (χ1v) is 9.91. The molecular weight excluding hydrogens is 387 g/mol. The third-order valence-electron chi connectivity index (χ3n) is 5.69. The Labute approximate surface area is 172 Å². The van der Waals surface area contributed by atoms with E-state index in [-0.39, 0.29) is 11.1 Å². The first-order chi connectivity index (χ1) is 14.5. The van der Waals surface area contributed by atoms with E-state index >= 15 is 0 Å². The Bertz CT molecular complexity index is 1140. The second-order valence-electron chi connectivity index (χ2n) is 7.60. The van der Waals surface area contributed by atoms with Gasteiger partial charge >= 0.3 is 5.97 Å². The number of likely N-dealkylation sites (tertiary alicyclic amines) is 1. The van der Waals surface area contributed by atoms with Crippen molar-refractivity contribution in [2.24, 2.45) is 0 Å². The average molecular weight is 410 g/mol. The first-order valence-electron chi connectivity index (χ1n) is 9.91. The number of nitrogens with zero attached hydrogens (tertiary/aromatic N) is 3. The molecule has 8 heteroatoms. The number of benzene rings is 1. The van der Waals surface area contributed by atoms with E-state index in [1.54, 1.807) is 31.3 Å². The number of carbonyl (C=O) groups excluding carboxylic acids is 1. The van der Waals surface area contributed by atoms with Crippen LogP contribution in [0.1, 0.15) is 46.1 Å². The second-order valence-corrected chi connectivity index (χ2v) is 7.60. The molecule has 4 rings (SSSR count). The molecule has 3 heterocycles. The first kappa shape index (κ1) is 20.2. The Morgan fingerprint density at radius 1 is 1.27 bits per heavy atom. The maximum Gasteiger partial charge on any atom is 0.356 e. The highest BCUT2D eigenvalue weighted by atomic mass is 19.1. The minimum Gasteiger partial charge on any atom is -0.464 e. The van der Waals surface area contributed by atoms with Crippen molar-refractivity contribution in [2.75, 3.05) is 20.2 Å². The number of aromatic nitrogens is 3. The van der Waals surface area contributed by atoms with Crippen LogP contribution in [0.15, 0.2) is 35.3 Å². The summed E-state index contributed by atoms with van der Waals surface area (Å²) in [5.74, 6) is -0.507. The molecule has 0 amide bonds. The molecule has 1 N–H and O–H groups in total. The van der Waals surface area contributed by atoms with E-state index in [2.05, 4.69) is 24.6 Å². The highest BCUT2D eigenvalue weighted by Gasteiger charge is 2.22. The van der Waals surface area contributed by atoms with Gasteiger partial charge in [0.2, 0.25) is 0 Å². The van der Waals surface area contributed by atoms with Gasteiger partial charge < -0.3 is 9.72 Å². The van der Waals surface area contributed by atoms with Gasteiger partial charge in [-0.05, 0) is 56.5 Å². The van der Waals surface area contributed by atoms with Gasteiger partial charge in [-0.2, -0.15) is 0 Å². The van der Waals surface area contributed by atoms with Gasteiger partial charge in [0, 0.05) is 18.3 Å². The number of carbonyl (C=O) groups is 1. The van der Waals surface area contributed by atoms with E-state index in [4.69, 9.17) is 0 Å². The minimum absolute atomic E-state index is 0.162. The van der Waals surface area contributed by atoms with E-state index in [1.807, 2.05) is 6.07 Å². The number of nitrogens with one attached hydrogen (secondary N) is 1. The van der Waals surface area contributed by atoms with Crippen LogP contribution in [0.5, 0.6) is 0 Å². The van der Waals surface area contributed by atoms with Crippen molar-refractivity contribution in [1.29, 1.82) is 0 Å². The standard InChI is InChI=1S/C22H23FN4O3/c1-13-21(28)26-20-17(25-13)5-4-16(19(20)23)12-27-9-7-14(8-10-27)15-3-6-18(24-11-15)22(29)30-2/h3-6,11,14H,7-10,12H2,1-2H3,(H,26,28). The largest absolute Gasteiger partial charge is 0.464 e. The zero-order chi connectivity index (χ0) is 21.3. The smallest absolute Gasteiger partial charge is 0.356 e. The third-order valence-corrected chi connectivity index (χ3v) is 5.69. The Morgan fingerprint density at radius 3 is 2.70 bits per heavy atom. The fourth-order valence-corrected chi connectivity index (χ4v) is 3.92. The number of piperidine rings is 1. The fourth-order valence-electron chi connectivity index (χ4n) is 3.92. The lowest BCUT2D eigenvalue weighted by atomic mass is 9.90. The summed E-state index contributed by atoms with van der Waals surface area (Å²) in [4.78, 5) is 36.5. The molecule has 0 aliphatic carbocycles. The summed E-state index contributed by atoms with van der Waals surface area (Å²) in [6, 6.07) is 7.10. The molecular formula is C22H23FN4O3. The molecule has 1 saturated heterocycles. The van der Waals surface area contributed by atoms with Gasteiger partial charge in [0.1, 0.15) is 16.9 Å². The predicted octanol–water partition coefficient (Wildman–Crippen LogP) is 2.93. The number of aryl methyl sites for hydroxylation is 1. The highest BCUT2D eigenvalue weighted by Crippen LogP contribution is 2.29. The van der Waals surface area contributed by atoms with Crippen molar-refractivity contribution in [3.63, 3.8) is 0 Å². The number of pyridine rings is 1. The van der Waals surface area contributed by atoms with E-state index in [0.717, 1.165) is 31.5 Å². The summed E-state index contributed by atoms with van der Waals surface area (Å²) in [6.45, 7) is 3.73. The molecule has 1 fully saturated rings. The van der Waals surface area contributed by atoms with Gasteiger partial charge in [-0.1, -0.05) is 12.1 Å². The molecule has 1 aliphatic heterocycles. The fraction of sp³-hybridized carbons (Fsp3) is 0.364. The summed E-state index contributed by atoms with van der Waals surface area (Å²) < 4.78 is 19.6. The summed E-state index contributed by atoms with van der Waals surface area (Å²) in [6.07, 6.45) is 3.58. The van der Waals surface area contributed by atoms with Crippen LogP contribution in [0.4, 0.5) is 4.39 Å². The molecule has 0 radical (unpaired) electrons. The van der Waals surface area contributed by atoms with Crippen molar-refractivity contribution in [3.8, 4) is 0 Å². The number of methoxy groups -OCH3 is 1. The van der Waals surface area contributed by atoms with Crippen LogP contribution >= 0.6 is 0 Å². The maximum atomic E-state index is 14.9. The predicted molar refractivity (Wildman–Crippen MR) is 110 cm³/mol. The van der Waals surface area contributed by atoms with E-state index in [1.165, 1.54) is 7.11 Å². The second kappa shape index (κ2) is 8.31. The number of rotatable bonds is 4. The van der Waals surface area contributed by atoms with E-state index in [9.17, 15) is 14.0 Å². The number of fused-ring (bicyclic) bond motifs is 1. The van der Waals surface area contributed by atoms with Gasteiger partial charge in [0.25, 0.3) is 5.56 Å². The van der Waals surface area contributed by atoms with Crippen molar-refractivity contribution in [2.45, 2.75) is 32.2 Å². The molecule has 0 saturated carbocycles. The number of hydrogen-bond donors (Lipinski definition) is 1. The summed E-state index contributed by atoms with van der Waals surface area (Å²) in [5, 5.41) is 0. The number of H-pyrrole nitrogens is 1. The zero-order valence-corrected chi connectivity index (χ0v) is 16.9. The SMILES string of the molecule is COC(=O)c1ccc(C2CCN(Cc3ccc4nc(C)c(=O)[nH]c4c3F)CC2)cn1. The number of hydrogen-bond acceptors (Lipinski definition) is 6. The number of ether oxygens (including phenoxy) is 1. The molecule has 0 unspecified atom stereocenters. The van der Waals surface area contributed by atoms with Gasteiger partial charge in [-0.15, -0.1) is 0 Å². The summed E-state index contributed by atoms with van der Waals surface area (Å²) in [5.41, 5.74) is 2.51. The molecule has 1 aliphatic rings. The van der Waals surface area contributed by atoms with Crippen molar-refractivity contribution >= 4 is 17.0 Å². The van der Waals surface area contributed by atoms with Crippen LogP contribution in [-0.4, -0.2) is 46.0 Å². The zero-order valence-electron chi connectivity index (χ0n) is 16.9. The van der Waals surface area contributed by atoms with Crippen LogP contribution in [0, 0.1) is 12.7 Å². The summed E-state index contributed by atoms with van der Waals surface area (Å²) >= 11 is 0. The Hall–Kier alpha value is -3.13. The minimum atomic E-state index is -0.444. The third kappa shape index (κ3) is 3.95. The van der Waals surface area contributed by atoms with Crippen LogP contribution in [0.25, 0.3) is 11.0 Å². The van der Waals surface area contributed by atoms with Gasteiger partial charge in [0.05, 0.1) is 12.6 Å². The van der Waals surface area contributed by atoms with E-state index in [0.29, 0.717) is 34.9 Å². The van der Waals surface area contributed by atoms with Gasteiger partial charge in [0.15, 0.2) is 5.82 Å². The maximum absolute atomic E-state index is 14.9. The Morgan fingerprint density at radius 2 is 2.03 bits per heavy atom. The van der Waals surface area contributed by atoms with Crippen LogP contribution in [-0.2, 0) is 11.3 Å². The lowest BCUT2D eigenvalue weighted by Gasteiger charge is -2.32. The monoisotopic (exact) mass is 410 g/mol. The Kier molecular flexibility index (Phi) is 5.59. The number of esters is 1. The lowest BCUT2D eigenvalue weighted by molar-refractivity contribution is 0.0594. The number of halogens is 1.